The molecule has 0 radical (unpaired) electrons. The Balaban J connectivity index is 1.59. The van der Waals surface area contributed by atoms with Crippen molar-refractivity contribution < 1.29 is 19.2 Å². The van der Waals surface area contributed by atoms with Crippen molar-refractivity contribution in [2.45, 2.75) is 40.5 Å². The van der Waals surface area contributed by atoms with Crippen LogP contribution in [-0.4, -0.2) is 66.0 Å². The van der Waals surface area contributed by atoms with Crippen molar-refractivity contribution in [3.05, 3.63) is 30.1 Å². The number of ether oxygens (including phenoxy) is 1. The fourth-order valence-electron chi connectivity index (χ4n) is 4.35. The first-order valence-electron chi connectivity index (χ1n) is 12.6. The molecule has 3 aromatic rings. The molecule has 2 amide bonds. The van der Waals surface area contributed by atoms with Crippen molar-refractivity contribution in [1.29, 1.82) is 0 Å². The average Bonchev–Trinajstić information content (AvgIpc) is 3.31. The molecule has 0 atom stereocenters. The van der Waals surface area contributed by atoms with Crippen LogP contribution < -0.4 is 15.5 Å². The molecule has 1 saturated heterocycles. The van der Waals surface area contributed by atoms with E-state index >= 15 is 0 Å². The summed E-state index contributed by atoms with van der Waals surface area (Å²) in [6.45, 7) is 9.77. The van der Waals surface area contributed by atoms with Gasteiger partial charge < -0.3 is 19.8 Å². The zero-order chi connectivity index (χ0) is 27.3. The number of amides is 2. The normalized spacial score (nSPS) is 15.3. The standard InChI is InChI=1S/C26H33N7O4S/c1-6-27-24(35)31-25-30-20-13-17(12-19(21(20)38-25)16(3)32-36-5)18-14-28-23(29-15-18)33-10-8-26(4,9-11-33)22(34)37-7-2/h12-15H,6-11H2,1-5H3,(H2,27,30,31,35)/b32-16+. The van der Waals surface area contributed by atoms with Gasteiger partial charge in [0.05, 0.1) is 28.0 Å². The number of nitrogens with zero attached hydrogens (tertiary/aromatic N) is 5. The molecule has 1 fully saturated rings. The molecule has 0 bridgehead atoms. The Labute approximate surface area is 225 Å². The number of rotatable bonds is 8. The summed E-state index contributed by atoms with van der Waals surface area (Å²) in [6, 6.07) is 3.64. The number of anilines is 2. The van der Waals surface area contributed by atoms with Crippen LogP contribution in [0.2, 0.25) is 0 Å². The second kappa shape index (κ2) is 11.7. The molecular weight excluding hydrogens is 506 g/mol. The van der Waals surface area contributed by atoms with Gasteiger partial charge in [-0.05, 0) is 58.2 Å². The Morgan fingerprint density at radius 2 is 1.87 bits per heavy atom. The molecule has 12 heteroatoms. The molecule has 202 valence electrons. The maximum atomic E-state index is 12.3. The van der Waals surface area contributed by atoms with E-state index in [1.165, 1.54) is 18.4 Å². The van der Waals surface area contributed by atoms with Gasteiger partial charge >= 0.3 is 12.0 Å². The summed E-state index contributed by atoms with van der Waals surface area (Å²) in [6.07, 6.45) is 4.95. The van der Waals surface area contributed by atoms with Crippen LogP contribution in [0.3, 0.4) is 0 Å². The van der Waals surface area contributed by atoms with E-state index < -0.39 is 5.41 Å². The maximum Gasteiger partial charge on any atom is 0.321 e. The van der Waals surface area contributed by atoms with Gasteiger partial charge in [0.15, 0.2) is 5.13 Å². The number of carbonyl (C=O) groups is 2. The van der Waals surface area contributed by atoms with E-state index in [9.17, 15) is 9.59 Å². The zero-order valence-corrected chi connectivity index (χ0v) is 23.1. The molecule has 1 aromatic carbocycles. The number of piperidine rings is 1. The SMILES string of the molecule is CCNC(=O)Nc1nc2cc(-c3cnc(N4CCC(C)(C(=O)OCC)CC4)nc3)cc(/C(C)=N/OC)c2s1. The first-order chi connectivity index (χ1) is 18.3. The number of hydrogen-bond acceptors (Lipinski definition) is 10. The highest BCUT2D eigenvalue weighted by Crippen LogP contribution is 2.35. The first-order valence-corrected chi connectivity index (χ1v) is 13.4. The van der Waals surface area contributed by atoms with Gasteiger partial charge in [0.2, 0.25) is 5.95 Å². The molecule has 1 aliphatic rings. The summed E-state index contributed by atoms with van der Waals surface area (Å²) in [5.74, 6) is 0.487. The minimum Gasteiger partial charge on any atom is -0.466 e. The molecule has 11 nitrogen and oxygen atoms in total. The maximum absolute atomic E-state index is 12.3. The quantitative estimate of drug-likeness (QED) is 0.244. The van der Waals surface area contributed by atoms with Crippen LogP contribution in [0.1, 0.15) is 46.1 Å². The van der Waals surface area contributed by atoms with E-state index in [2.05, 4.69) is 35.6 Å². The van der Waals surface area contributed by atoms with Gasteiger partial charge in [0.25, 0.3) is 0 Å². The van der Waals surface area contributed by atoms with Crippen LogP contribution in [0.15, 0.2) is 29.7 Å². The molecule has 0 saturated carbocycles. The summed E-state index contributed by atoms with van der Waals surface area (Å²) in [5.41, 5.74) is 3.47. The molecule has 3 heterocycles. The molecule has 4 rings (SSSR count). The fourth-order valence-corrected chi connectivity index (χ4v) is 5.36. The minimum absolute atomic E-state index is 0.138. The Kier molecular flexibility index (Phi) is 8.40. The van der Waals surface area contributed by atoms with Gasteiger partial charge in [-0.15, -0.1) is 0 Å². The Morgan fingerprint density at radius 3 is 2.50 bits per heavy atom. The Hall–Kier alpha value is -3.80. The van der Waals surface area contributed by atoms with Crippen LogP contribution in [0.25, 0.3) is 21.3 Å². The molecule has 1 aliphatic heterocycles. The van der Waals surface area contributed by atoms with Gasteiger partial charge in [0.1, 0.15) is 7.11 Å². The van der Waals surface area contributed by atoms with Gasteiger partial charge in [0, 0.05) is 43.2 Å². The predicted octanol–water partition coefficient (Wildman–Crippen LogP) is 4.43. The lowest BCUT2D eigenvalue weighted by Gasteiger charge is -2.37. The molecule has 2 aromatic heterocycles. The van der Waals surface area contributed by atoms with Crippen molar-refractivity contribution >= 4 is 50.3 Å². The predicted molar refractivity (Wildman–Crippen MR) is 149 cm³/mol. The number of benzene rings is 1. The van der Waals surface area contributed by atoms with Gasteiger partial charge in [-0.1, -0.05) is 16.5 Å². The number of oxime groups is 1. The van der Waals surface area contributed by atoms with Crippen LogP contribution in [0, 0.1) is 5.41 Å². The van der Waals surface area contributed by atoms with E-state index in [-0.39, 0.29) is 12.0 Å². The number of fused-ring (bicyclic) bond motifs is 1. The lowest BCUT2D eigenvalue weighted by Crippen LogP contribution is -2.44. The summed E-state index contributed by atoms with van der Waals surface area (Å²) in [4.78, 5) is 45.3. The summed E-state index contributed by atoms with van der Waals surface area (Å²) >= 11 is 1.37. The third-order valence-electron chi connectivity index (χ3n) is 6.56. The van der Waals surface area contributed by atoms with E-state index in [0.717, 1.165) is 26.9 Å². The number of aromatic nitrogens is 3. The molecule has 38 heavy (non-hydrogen) atoms. The van der Waals surface area contributed by atoms with Crippen LogP contribution in [-0.2, 0) is 14.4 Å². The van der Waals surface area contributed by atoms with E-state index in [1.807, 2.05) is 39.8 Å². The molecule has 0 spiro atoms. The summed E-state index contributed by atoms with van der Waals surface area (Å²) in [7, 11) is 1.50. The van der Waals surface area contributed by atoms with Crippen molar-refractivity contribution in [3.8, 4) is 11.1 Å². The van der Waals surface area contributed by atoms with Gasteiger partial charge in [-0.3, -0.25) is 10.1 Å². The van der Waals surface area contributed by atoms with E-state index in [1.54, 1.807) is 12.4 Å². The highest BCUT2D eigenvalue weighted by molar-refractivity contribution is 7.22. The van der Waals surface area contributed by atoms with Crippen molar-refractivity contribution in [2.75, 3.05) is 43.6 Å². The lowest BCUT2D eigenvalue weighted by molar-refractivity contribution is -0.155. The molecule has 2 N–H and O–H groups in total. The fraction of sp³-hybridized carbons (Fsp3) is 0.462. The smallest absolute Gasteiger partial charge is 0.321 e. The summed E-state index contributed by atoms with van der Waals surface area (Å²) < 4.78 is 6.14. The topological polar surface area (TPSA) is 131 Å². The average molecular weight is 540 g/mol. The highest BCUT2D eigenvalue weighted by Gasteiger charge is 2.38. The first kappa shape index (κ1) is 27.2. The molecule has 0 unspecified atom stereocenters. The second-order valence-electron chi connectivity index (χ2n) is 9.27. The van der Waals surface area contributed by atoms with Crippen molar-refractivity contribution in [1.82, 2.24) is 20.3 Å². The van der Waals surface area contributed by atoms with Crippen molar-refractivity contribution in [2.24, 2.45) is 10.6 Å². The summed E-state index contributed by atoms with van der Waals surface area (Å²) in [5, 5.41) is 10.1. The monoisotopic (exact) mass is 539 g/mol. The zero-order valence-electron chi connectivity index (χ0n) is 22.3. The second-order valence-corrected chi connectivity index (χ2v) is 10.3. The van der Waals surface area contributed by atoms with Crippen LogP contribution in [0.5, 0.6) is 0 Å². The minimum atomic E-state index is -0.474. The number of urea groups is 1. The number of carbonyl (C=O) groups excluding carboxylic acids is 2. The number of esters is 1. The highest BCUT2D eigenvalue weighted by atomic mass is 32.1. The number of hydrogen-bond donors (Lipinski definition) is 2. The van der Waals surface area contributed by atoms with Crippen LogP contribution in [0.4, 0.5) is 15.9 Å². The molecule has 0 aliphatic carbocycles. The number of nitrogens with one attached hydrogen (secondary N) is 2. The van der Waals surface area contributed by atoms with E-state index in [4.69, 9.17) is 9.57 Å². The third-order valence-corrected chi connectivity index (χ3v) is 7.58. The van der Waals surface area contributed by atoms with Gasteiger partial charge in [-0.2, -0.15) is 0 Å². The van der Waals surface area contributed by atoms with Crippen molar-refractivity contribution in [3.63, 3.8) is 0 Å². The Morgan fingerprint density at radius 1 is 1.16 bits per heavy atom. The third kappa shape index (κ3) is 5.85. The van der Waals surface area contributed by atoms with Gasteiger partial charge in [-0.25, -0.2) is 19.7 Å². The largest absolute Gasteiger partial charge is 0.466 e. The van der Waals surface area contributed by atoms with E-state index in [0.29, 0.717) is 55.9 Å². The number of thiazole rings is 1. The lowest BCUT2D eigenvalue weighted by atomic mass is 9.80. The molecular formula is C26H33N7O4S. The van der Waals surface area contributed by atoms with Crippen LogP contribution >= 0.6 is 11.3 Å². The Bertz CT molecular complexity index is 1330.